The third-order valence-electron chi connectivity index (χ3n) is 5.64. The SMILES string of the molecule is CN=C(NCC(C)(C)c1ccc(OC)c(OC)c1)NCC(C)(C)N1CCOCC1.I. The molecule has 1 fully saturated rings. The van der Waals surface area contributed by atoms with Crippen LogP contribution < -0.4 is 20.1 Å². The summed E-state index contributed by atoms with van der Waals surface area (Å²) in [5.41, 5.74) is 1.09. The largest absolute Gasteiger partial charge is 0.493 e. The van der Waals surface area contributed by atoms with Gasteiger partial charge in [0.2, 0.25) is 0 Å². The molecule has 0 amide bonds. The molecule has 1 aromatic rings. The number of benzene rings is 1. The second kappa shape index (κ2) is 12.0. The second-order valence-electron chi connectivity index (χ2n) is 8.64. The van der Waals surface area contributed by atoms with Crippen LogP contribution in [0.3, 0.4) is 0 Å². The van der Waals surface area contributed by atoms with Crippen LogP contribution >= 0.6 is 24.0 Å². The summed E-state index contributed by atoms with van der Waals surface area (Å²) in [4.78, 5) is 6.86. The summed E-state index contributed by atoms with van der Waals surface area (Å²) in [6, 6.07) is 6.08. The first-order valence-electron chi connectivity index (χ1n) is 10.2. The van der Waals surface area contributed by atoms with Crippen LogP contribution in [0.4, 0.5) is 0 Å². The van der Waals surface area contributed by atoms with Crippen LogP contribution in [0, 0.1) is 0 Å². The second-order valence-corrected chi connectivity index (χ2v) is 8.64. The van der Waals surface area contributed by atoms with Gasteiger partial charge < -0.3 is 24.8 Å². The average Bonchev–Trinajstić information content (AvgIpc) is 2.73. The molecule has 0 saturated carbocycles. The summed E-state index contributed by atoms with van der Waals surface area (Å²) in [7, 11) is 5.12. The van der Waals surface area contributed by atoms with Crippen LogP contribution in [0.5, 0.6) is 11.5 Å². The fourth-order valence-corrected chi connectivity index (χ4v) is 3.47. The third kappa shape index (κ3) is 7.16. The summed E-state index contributed by atoms with van der Waals surface area (Å²) in [6.07, 6.45) is 0. The lowest BCUT2D eigenvalue weighted by Crippen LogP contribution is -2.57. The maximum absolute atomic E-state index is 5.48. The Labute approximate surface area is 199 Å². The first kappa shape index (κ1) is 26.8. The fourth-order valence-electron chi connectivity index (χ4n) is 3.47. The smallest absolute Gasteiger partial charge is 0.191 e. The Hall–Kier alpha value is -1.26. The number of hydrogen-bond donors (Lipinski definition) is 2. The van der Waals surface area contributed by atoms with Crippen molar-refractivity contribution in [1.82, 2.24) is 15.5 Å². The Balaban J connectivity index is 0.00000450. The van der Waals surface area contributed by atoms with E-state index in [1.54, 1.807) is 21.3 Å². The van der Waals surface area contributed by atoms with Crippen molar-refractivity contribution in [2.75, 3.05) is 60.7 Å². The van der Waals surface area contributed by atoms with E-state index < -0.39 is 0 Å². The molecule has 172 valence electrons. The van der Waals surface area contributed by atoms with E-state index in [1.807, 2.05) is 12.1 Å². The van der Waals surface area contributed by atoms with Crippen LogP contribution in [-0.4, -0.2) is 77.1 Å². The molecular formula is C22H39IN4O3. The topological polar surface area (TPSA) is 67.4 Å². The normalized spacial score (nSPS) is 15.9. The first-order valence-corrected chi connectivity index (χ1v) is 10.2. The highest BCUT2D eigenvalue weighted by molar-refractivity contribution is 14.0. The number of morpholine rings is 1. The first-order chi connectivity index (χ1) is 13.7. The molecule has 0 atom stereocenters. The van der Waals surface area contributed by atoms with Crippen molar-refractivity contribution in [3.63, 3.8) is 0 Å². The zero-order valence-corrected chi connectivity index (χ0v) is 21.8. The van der Waals surface area contributed by atoms with Crippen molar-refractivity contribution in [3.8, 4) is 11.5 Å². The van der Waals surface area contributed by atoms with E-state index in [-0.39, 0.29) is 34.9 Å². The van der Waals surface area contributed by atoms with Gasteiger partial charge in [-0.05, 0) is 31.5 Å². The summed E-state index contributed by atoms with van der Waals surface area (Å²) in [6.45, 7) is 14.0. The molecule has 0 radical (unpaired) electrons. The van der Waals surface area contributed by atoms with Gasteiger partial charge in [-0.1, -0.05) is 19.9 Å². The molecule has 8 heteroatoms. The molecule has 0 aromatic heterocycles. The minimum Gasteiger partial charge on any atom is -0.493 e. The van der Waals surface area contributed by atoms with Crippen molar-refractivity contribution >= 4 is 29.9 Å². The standard InChI is InChI=1S/C22H38N4O3.HI/c1-21(2,17-8-9-18(27-6)19(14-17)28-7)15-24-20(23-5)25-16-22(3,4)26-10-12-29-13-11-26;/h8-9,14H,10-13,15-16H2,1-7H3,(H2,23,24,25);1H. The minimum absolute atomic E-state index is 0. The van der Waals surface area contributed by atoms with E-state index >= 15 is 0 Å². The van der Waals surface area contributed by atoms with E-state index in [4.69, 9.17) is 14.2 Å². The number of nitrogens with one attached hydrogen (secondary N) is 2. The number of rotatable bonds is 8. The van der Waals surface area contributed by atoms with Gasteiger partial charge in [-0.3, -0.25) is 9.89 Å². The maximum Gasteiger partial charge on any atom is 0.191 e. The Kier molecular flexibility index (Phi) is 10.7. The molecule has 30 heavy (non-hydrogen) atoms. The van der Waals surface area contributed by atoms with Crippen molar-refractivity contribution in [2.45, 2.75) is 38.6 Å². The predicted octanol–water partition coefficient (Wildman–Crippen LogP) is 2.88. The third-order valence-corrected chi connectivity index (χ3v) is 5.64. The molecule has 2 rings (SSSR count). The summed E-state index contributed by atoms with van der Waals surface area (Å²) >= 11 is 0. The quantitative estimate of drug-likeness (QED) is 0.304. The lowest BCUT2D eigenvalue weighted by Gasteiger charge is -2.41. The Morgan fingerprint density at radius 2 is 1.63 bits per heavy atom. The molecule has 1 aliphatic rings. The lowest BCUT2D eigenvalue weighted by atomic mass is 9.84. The zero-order valence-electron chi connectivity index (χ0n) is 19.5. The van der Waals surface area contributed by atoms with E-state index in [9.17, 15) is 0 Å². The molecule has 0 spiro atoms. The van der Waals surface area contributed by atoms with Gasteiger partial charge in [0.15, 0.2) is 17.5 Å². The predicted molar refractivity (Wildman–Crippen MR) is 134 cm³/mol. The van der Waals surface area contributed by atoms with Crippen LogP contribution in [0.15, 0.2) is 23.2 Å². The highest BCUT2D eigenvalue weighted by Gasteiger charge is 2.29. The molecule has 1 aromatic carbocycles. The van der Waals surface area contributed by atoms with E-state index in [0.717, 1.165) is 56.9 Å². The van der Waals surface area contributed by atoms with Crippen molar-refractivity contribution in [2.24, 2.45) is 4.99 Å². The van der Waals surface area contributed by atoms with Gasteiger partial charge in [-0.25, -0.2) is 0 Å². The monoisotopic (exact) mass is 534 g/mol. The molecule has 1 heterocycles. The van der Waals surface area contributed by atoms with Crippen LogP contribution in [-0.2, 0) is 10.2 Å². The maximum atomic E-state index is 5.48. The van der Waals surface area contributed by atoms with E-state index in [1.165, 1.54) is 5.56 Å². The fraction of sp³-hybridized carbons (Fsp3) is 0.682. The van der Waals surface area contributed by atoms with Crippen molar-refractivity contribution < 1.29 is 14.2 Å². The highest BCUT2D eigenvalue weighted by atomic mass is 127. The van der Waals surface area contributed by atoms with Gasteiger partial charge >= 0.3 is 0 Å². The number of guanidine groups is 1. The van der Waals surface area contributed by atoms with E-state index in [0.29, 0.717) is 0 Å². The molecular weight excluding hydrogens is 495 g/mol. The van der Waals surface area contributed by atoms with Crippen molar-refractivity contribution in [3.05, 3.63) is 23.8 Å². The molecule has 1 aliphatic heterocycles. The highest BCUT2D eigenvalue weighted by Crippen LogP contribution is 2.32. The molecule has 0 bridgehead atoms. The number of nitrogens with zero attached hydrogens (tertiary/aromatic N) is 2. The number of halogens is 1. The average molecular weight is 534 g/mol. The lowest BCUT2D eigenvalue weighted by molar-refractivity contribution is -0.00834. The molecule has 2 N–H and O–H groups in total. The Morgan fingerprint density at radius 3 is 2.20 bits per heavy atom. The summed E-state index contributed by atoms with van der Waals surface area (Å²) in [5.74, 6) is 2.29. The van der Waals surface area contributed by atoms with Gasteiger partial charge in [0.25, 0.3) is 0 Å². The van der Waals surface area contributed by atoms with Gasteiger partial charge in [0.05, 0.1) is 27.4 Å². The van der Waals surface area contributed by atoms with Crippen molar-refractivity contribution in [1.29, 1.82) is 0 Å². The van der Waals surface area contributed by atoms with Crippen LogP contribution in [0.1, 0.15) is 33.3 Å². The van der Waals surface area contributed by atoms with Gasteiger partial charge in [0.1, 0.15) is 0 Å². The van der Waals surface area contributed by atoms with Gasteiger partial charge in [-0.15, -0.1) is 24.0 Å². The number of ether oxygens (including phenoxy) is 3. The number of aliphatic imine (C=N–C) groups is 1. The molecule has 0 unspecified atom stereocenters. The molecule has 1 saturated heterocycles. The Morgan fingerprint density at radius 1 is 1.03 bits per heavy atom. The molecule has 0 aliphatic carbocycles. The zero-order chi connectivity index (χ0) is 21.5. The van der Waals surface area contributed by atoms with Crippen LogP contribution in [0.2, 0.25) is 0 Å². The van der Waals surface area contributed by atoms with Gasteiger partial charge in [-0.2, -0.15) is 0 Å². The van der Waals surface area contributed by atoms with Crippen LogP contribution in [0.25, 0.3) is 0 Å². The number of methoxy groups -OCH3 is 2. The summed E-state index contributed by atoms with van der Waals surface area (Å²) < 4.78 is 16.3. The van der Waals surface area contributed by atoms with E-state index in [2.05, 4.69) is 54.3 Å². The minimum atomic E-state index is -0.114. The Bertz CT molecular complexity index is 689. The number of hydrogen-bond acceptors (Lipinski definition) is 5. The molecule has 7 nitrogen and oxygen atoms in total. The summed E-state index contributed by atoms with van der Waals surface area (Å²) in [5, 5.41) is 6.96. The van der Waals surface area contributed by atoms with Gasteiger partial charge in [0, 0.05) is 44.2 Å².